The molecule has 9 heteroatoms. The van der Waals surface area contributed by atoms with Gasteiger partial charge in [-0.25, -0.2) is 13.8 Å². The fraction of sp³-hybridized carbons (Fsp3) is 0.125. The molecule has 2 heterocycles. The standard InChI is InChI=1S/C32H28N4O4S/c37-32(25-12-9-15-27(22-25)41(38,39)35-18-20-40-21-19-35)34-33-23-29-28-16-7-8-17-30(28)36(26-13-5-2-6-14-26)31(29)24-10-3-1-4-11-24/h1-17,22-23H,18-21H2,(H,34,37)/b33-23+. The van der Waals surface area contributed by atoms with Gasteiger partial charge < -0.3 is 9.30 Å². The van der Waals surface area contributed by atoms with E-state index in [0.717, 1.165) is 33.4 Å². The number of carbonyl (C=O) groups excluding carboxylic acids is 1. The Morgan fingerprint density at radius 1 is 0.829 bits per heavy atom. The lowest BCUT2D eigenvalue weighted by Crippen LogP contribution is -2.40. The summed E-state index contributed by atoms with van der Waals surface area (Å²) in [4.78, 5) is 13.1. The summed E-state index contributed by atoms with van der Waals surface area (Å²) in [5.41, 5.74) is 7.59. The summed E-state index contributed by atoms with van der Waals surface area (Å²) >= 11 is 0. The molecular formula is C32H28N4O4S. The van der Waals surface area contributed by atoms with E-state index in [-0.39, 0.29) is 23.5 Å². The van der Waals surface area contributed by atoms with Crippen molar-refractivity contribution < 1.29 is 17.9 Å². The highest BCUT2D eigenvalue weighted by Crippen LogP contribution is 2.35. The van der Waals surface area contributed by atoms with Gasteiger partial charge in [-0.3, -0.25) is 4.79 Å². The summed E-state index contributed by atoms with van der Waals surface area (Å²) in [7, 11) is -3.73. The number of hydrazone groups is 1. The largest absolute Gasteiger partial charge is 0.379 e. The number of nitrogens with zero attached hydrogens (tertiary/aromatic N) is 3. The molecule has 5 aromatic rings. The molecule has 0 atom stereocenters. The van der Waals surface area contributed by atoms with Crippen LogP contribution in [0.3, 0.4) is 0 Å². The lowest BCUT2D eigenvalue weighted by atomic mass is 10.1. The predicted octanol–water partition coefficient (Wildman–Crippen LogP) is 5.08. The zero-order valence-electron chi connectivity index (χ0n) is 22.2. The number of nitrogens with one attached hydrogen (secondary N) is 1. The topological polar surface area (TPSA) is 93.0 Å². The van der Waals surface area contributed by atoms with E-state index in [4.69, 9.17) is 4.74 Å². The third kappa shape index (κ3) is 5.30. The molecule has 4 aromatic carbocycles. The van der Waals surface area contributed by atoms with E-state index in [1.54, 1.807) is 18.3 Å². The predicted molar refractivity (Wildman–Crippen MR) is 160 cm³/mol. The second-order valence-corrected chi connectivity index (χ2v) is 11.5. The first-order valence-corrected chi connectivity index (χ1v) is 14.7. The molecule has 0 radical (unpaired) electrons. The maximum absolute atomic E-state index is 13.1. The summed E-state index contributed by atoms with van der Waals surface area (Å²) in [5.74, 6) is -0.506. The van der Waals surface area contributed by atoms with Crippen molar-refractivity contribution in [3.05, 3.63) is 120 Å². The highest BCUT2D eigenvalue weighted by atomic mass is 32.2. The van der Waals surface area contributed by atoms with Crippen molar-refractivity contribution in [2.75, 3.05) is 26.3 Å². The van der Waals surface area contributed by atoms with Crippen molar-refractivity contribution in [2.24, 2.45) is 5.10 Å². The molecule has 1 aliphatic heterocycles. The van der Waals surface area contributed by atoms with Gasteiger partial charge in [-0.15, -0.1) is 0 Å². The number of hydrogen-bond acceptors (Lipinski definition) is 5. The second kappa shape index (κ2) is 11.5. The van der Waals surface area contributed by atoms with Gasteiger partial charge in [0, 0.05) is 35.3 Å². The zero-order chi connectivity index (χ0) is 28.2. The lowest BCUT2D eigenvalue weighted by molar-refractivity contribution is 0.0730. The molecule has 0 unspecified atom stereocenters. The van der Waals surface area contributed by atoms with Crippen LogP contribution in [0.5, 0.6) is 0 Å². The van der Waals surface area contributed by atoms with Gasteiger partial charge in [0.2, 0.25) is 10.0 Å². The van der Waals surface area contributed by atoms with Gasteiger partial charge in [0.25, 0.3) is 5.91 Å². The molecule has 1 fully saturated rings. The fourth-order valence-electron chi connectivity index (χ4n) is 5.08. The SMILES string of the molecule is O=C(N/N=C/c1c(-c2ccccc2)n(-c2ccccc2)c2ccccc12)c1cccc(S(=O)(=O)N2CCOCC2)c1. The van der Waals surface area contributed by atoms with Gasteiger partial charge in [0.15, 0.2) is 0 Å². The number of carbonyl (C=O) groups is 1. The quantitative estimate of drug-likeness (QED) is 0.220. The average Bonchev–Trinajstić information content (AvgIpc) is 3.36. The van der Waals surface area contributed by atoms with Gasteiger partial charge in [-0.2, -0.15) is 9.41 Å². The number of sulfonamides is 1. The summed E-state index contributed by atoms with van der Waals surface area (Å²) in [6.45, 7) is 1.26. The average molecular weight is 565 g/mol. The Balaban J connectivity index is 1.35. The number of para-hydroxylation sites is 2. The molecule has 1 saturated heterocycles. The maximum Gasteiger partial charge on any atom is 0.271 e. The first kappa shape index (κ1) is 26.6. The normalized spacial score (nSPS) is 14.4. The molecular weight excluding hydrogens is 536 g/mol. The van der Waals surface area contributed by atoms with Gasteiger partial charge in [0.05, 0.1) is 35.5 Å². The van der Waals surface area contributed by atoms with E-state index >= 15 is 0 Å². The van der Waals surface area contributed by atoms with E-state index in [1.165, 1.54) is 16.4 Å². The van der Waals surface area contributed by atoms with Crippen LogP contribution in [-0.4, -0.2) is 55.7 Å². The summed E-state index contributed by atoms with van der Waals surface area (Å²) in [6.07, 6.45) is 1.65. The number of aromatic nitrogens is 1. The molecule has 8 nitrogen and oxygen atoms in total. The van der Waals surface area contributed by atoms with Crippen LogP contribution >= 0.6 is 0 Å². The first-order valence-electron chi connectivity index (χ1n) is 13.3. The Morgan fingerprint density at radius 3 is 2.27 bits per heavy atom. The molecule has 6 rings (SSSR count). The molecule has 206 valence electrons. The number of fused-ring (bicyclic) bond motifs is 1. The zero-order valence-corrected chi connectivity index (χ0v) is 23.0. The smallest absolute Gasteiger partial charge is 0.271 e. The van der Waals surface area contributed by atoms with E-state index in [2.05, 4.69) is 33.3 Å². The van der Waals surface area contributed by atoms with Crippen molar-refractivity contribution in [2.45, 2.75) is 4.90 Å². The van der Waals surface area contributed by atoms with Crippen LogP contribution in [0.25, 0.3) is 27.8 Å². The van der Waals surface area contributed by atoms with E-state index in [1.807, 2.05) is 66.7 Å². The Kier molecular flexibility index (Phi) is 7.47. The number of benzene rings is 4. The number of ether oxygens (including phenoxy) is 1. The van der Waals surface area contributed by atoms with Crippen molar-refractivity contribution in [1.82, 2.24) is 14.3 Å². The van der Waals surface area contributed by atoms with Crippen LogP contribution in [-0.2, 0) is 14.8 Å². The van der Waals surface area contributed by atoms with Gasteiger partial charge in [0.1, 0.15) is 0 Å². The van der Waals surface area contributed by atoms with Crippen LogP contribution in [0.15, 0.2) is 119 Å². The lowest BCUT2D eigenvalue weighted by Gasteiger charge is -2.26. The van der Waals surface area contributed by atoms with E-state index in [9.17, 15) is 13.2 Å². The third-order valence-electron chi connectivity index (χ3n) is 7.04. The highest BCUT2D eigenvalue weighted by Gasteiger charge is 2.27. The highest BCUT2D eigenvalue weighted by molar-refractivity contribution is 7.89. The molecule has 0 spiro atoms. The van der Waals surface area contributed by atoms with Crippen molar-refractivity contribution in [3.8, 4) is 16.9 Å². The van der Waals surface area contributed by atoms with Crippen LogP contribution in [0.2, 0.25) is 0 Å². The Hall–Kier alpha value is -4.57. The van der Waals surface area contributed by atoms with Crippen molar-refractivity contribution in [3.63, 3.8) is 0 Å². The molecule has 1 N–H and O–H groups in total. The van der Waals surface area contributed by atoms with Crippen LogP contribution < -0.4 is 5.43 Å². The minimum absolute atomic E-state index is 0.0633. The van der Waals surface area contributed by atoms with Gasteiger partial charge in [-0.05, 0) is 42.0 Å². The fourth-order valence-corrected chi connectivity index (χ4v) is 6.53. The summed E-state index contributed by atoms with van der Waals surface area (Å²) < 4.78 is 35.0. The monoisotopic (exact) mass is 564 g/mol. The van der Waals surface area contributed by atoms with Crippen LogP contribution in [0.1, 0.15) is 15.9 Å². The van der Waals surface area contributed by atoms with Gasteiger partial charge >= 0.3 is 0 Å². The summed E-state index contributed by atoms with van der Waals surface area (Å²) in [6, 6.07) is 34.2. The Bertz CT molecular complexity index is 1830. The second-order valence-electron chi connectivity index (χ2n) is 9.56. The number of amides is 1. The minimum atomic E-state index is -3.73. The van der Waals surface area contributed by atoms with E-state index in [0.29, 0.717) is 13.2 Å². The molecule has 1 amide bonds. The minimum Gasteiger partial charge on any atom is -0.379 e. The van der Waals surface area contributed by atoms with Crippen LogP contribution in [0, 0.1) is 0 Å². The Labute approximate surface area is 238 Å². The Morgan fingerprint density at radius 2 is 1.51 bits per heavy atom. The van der Waals surface area contributed by atoms with Gasteiger partial charge in [-0.1, -0.05) is 72.8 Å². The van der Waals surface area contributed by atoms with Crippen molar-refractivity contribution >= 4 is 33.0 Å². The van der Waals surface area contributed by atoms with Crippen LogP contribution in [0.4, 0.5) is 0 Å². The molecule has 0 aliphatic carbocycles. The molecule has 41 heavy (non-hydrogen) atoms. The third-order valence-corrected chi connectivity index (χ3v) is 8.93. The number of morpholine rings is 1. The van der Waals surface area contributed by atoms with E-state index < -0.39 is 15.9 Å². The van der Waals surface area contributed by atoms with Crippen molar-refractivity contribution in [1.29, 1.82) is 0 Å². The summed E-state index contributed by atoms with van der Waals surface area (Å²) in [5, 5.41) is 5.31. The molecule has 0 bridgehead atoms. The first-order chi connectivity index (χ1) is 20.0. The number of rotatable bonds is 7. The number of hydrogen-bond donors (Lipinski definition) is 1. The molecule has 1 aromatic heterocycles. The molecule has 0 saturated carbocycles. The maximum atomic E-state index is 13.1. The molecule has 1 aliphatic rings.